The van der Waals surface area contributed by atoms with E-state index in [0.29, 0.717) is 5.56 Å². The molecule has 0 amide bonds. The Balaban J connectivity index is 2.83. The molecule has 0 atom stereocenters. The molecule has 0 bridgehead atoms. The van der Waals surface area contributed by atoms with Crippen molar-refractivity contribution in [2.45, 2.75) is 19.9 Å². The van der Waals surface area contributed by atoms with E-state index < -0.39 is 0 Å². The monoisotopic (exact) mass is 179 g/mol. The van der Waals surface area contributed by atoms with Crippen LogP contribution >= 0.6 is 0 Å². The maximum Gasteiger partial charge on any atom is 0.127 e. The Kier molecular flexibility index (Phi) is 3.65. The van der Waals surface area contributed by atoms with Gasteiger partial charge in [0.15, 0.2) is 0 Å². The standard InChI is InChI=1S/C11H14FN/c1-2-3-4-9-5-6-10(8-13)11(12)7-9/h2-3,5-7H,4,8,13H2,1H3. The van der Waals surface area contributed by atoms with Crippen LogP contribution in [-0.4, -0.2) is 0 Å². The van der Waals surface area contributed by atoms with E-state index in [0.717, 1.165) is 12.0 Å². The minimum absolute atomic E-state index is 0.204. The highest BCUT2D eigenvalue weighted by Gasteiger charge is 2.00. The Morgan fingerprint density at radius 3 is 2.77 bits per heavy atom. The summed E-state index contributed by atoms with van der Waals surface area (Å²) < 4.78 is 13.2. The first-order valence-corrected chi connectivity index (χ1v) is 4.36. The summed E-state index contributed by atoms with van der Waals surface area (Å²) in [7, 11) is 0. The highest BCUT2D eigenvalue weighted by molar-refractivity contribution is 5.25. The summed E-state index contributed by atoms with van der Waals surface area (Å²) in [5.41, 5.74) is 6.90. The lowest BCUT2D eigenvalue weighted by Gasteiger charge is -2.01. The molecule has 0 aliphatic rings. The molecule has 0 saturated carbocycles. The molecule has 2 N–H and O–H groups in total. The van der Waals surface area contributed by atoms with Crippen molar-refractivity contribution >= 4 is 0 Å². The summed E-state index contributed by atoms with van der Waals surface area (Å²) in [5.74, 6) is -0.204. The molecule has 0 aromatic heterocycles. The molecule has 0 spiro atoms. The summed E-state index contributed by atoms with van der Waals surface area (Å²) >= 11 is 0. The third-order valence-electron chi connectivity index (χ3n) is 1.93. The van der Waals surface area contributed by atoms with Crippen molar-refractivity contribution in [3.63, 3.8) is 0 Å². The normalized spacial score (nSPS) is 11.0. The number of hydrogen-bond acceptors (Lipinski definition) is 1. The van der Waals surface area contributed by atoms with Crippen LogP contribution in [0.3, 0.4) is 0 Å². The van der Waals surface area contributed by atoms with Gasteiger partial charge in [0, 0.05) is 12.1 Å². The van der Waals surface area contributed by atoms with Crippen LogP contribution in [0.4, 0.5) is 4.39 Å². The third kappa shape index (κ3) is 2.67. The molecule has 0 fully saturated rings. The zero-order chi connectivity index (χ0) is 9.68. The van der Waals surface area contributed by atoms with E-state index in [4.69, 9.17) is 5.73 Å². The number of nitrogens with two attached hydrogens (primary N) is 1. The molecule has 1 aromatic carbocycles. The second-order valence-electron chi connectivity index (χ2n) is 2.90. The first-order chi connectivity index (χ1) is 6.27. The fraction of sp³-hybridized carbons (Fsp3) is 0.273. The lowest BCUT2D eigenvalue weighted by molar-refractivity contribution is 0.609. The van der Waals surface area contributed by atoms with Gasteiger partial charge in [-0.05, 0) is 25.0 Å². The van der Waals surface area contributed by atoms with Gasteiger partial charge in [-0.3, -0.25) is 0 Å². The molecule has 1 nitrogen and oxygen atoms in total. The fourth-order valence-corrected chi connectivity index (χ4v) is 1.14. The Morgan fingerprint density at radius 1 is 1.46 bits per heavy atom. The van der Waals surface area contributed by atoms with Gasteiger partial charge < -0.3 is 5.73 Å². The number of hydrogen-bond donors (Lipinski definition) is 1. The third-order valence-corrected chi connectivity index (χ3v) is 1.93. The molecule has 0 radical (unpaired) electrons. The van der Waals surface area contributed by atoms with E-state index in [1.165, 1.54) is 0 Å². The first kappa shape index (κ1) is 9.93. The number of benzene rings is 1. The van der Waals surface area contributed by atoms with Gasteiger partial charge in [0.1, 0.15) is 5.82 Å². The second kappa shape index (κ2) is 4.77. The molecule has 0 heterocycles. The van der Waals surface area contributed by atoms with Crippen molar-refractivity contribution in [3.8, 4) is 0 Å². The van der Waals surface area contributed by atoms with Crippen LogP contribution in [0.2, 0.25) is 0 Å². The Labute approximate surface area is 78.1 Å². The van der Waals surface area contributed by atoms with E-state index >= 15 is 0 Å². The minimum Gasteiger partial charge on any atom is -0.326 e. The van der Waals surface area contributed by atoms with Crippen LogP contribution in [0.25, 0.3) is 0 Å². The van der Waals surface area contributed by atoms with Crippen molar-refractivity contribution in [2.24, 2.45) is 5.73 Å². The maximum absolute atomic E-state index is 13.2. The quantitative estimate of drug-likeness (QED) is 0.708. The van der Waals surface area contributed by atoms with E-state index in [1.807, 2.05) is 25.1 Å². The van der Waals surface area contributed by atoms with Crippen molar-refractivity contribution < 1.29 is 4.39 Å². The smallest absolute Gasteiger partial charge is 0.127 e. The van der Waals surface area contributed by atoms with Crippen molar-refractivity contribution in [1.82, 2.24) is 0 Å². The predicted molar refractivity (Wildman–Crippen MR) is 52.8 cm³/mol. The van der Waals surface area contributed by atoms with Crippen LogP contribution in [0.5, 0.6) is 0 Å². The second-order valence-corrected chi connectivity index (χ2v) is 2.90. The molecule has 1 aromatic rings. The van der Waals surface area contributed by atoms with Crippen LogP contribution in [0.1, 0.15) is 18.1 Å². The minimum atomic E-state index is -0.204. The zero-order valence-corrected chi connectivity index (χ0v) is 7.76. The molecule has 0 unspecified atom stereocenters. The molecule has 0 aliphatic heterocycles. The summed E-state index contributed by atoms with van der Waals surface area (Å²) in [6.45, 7) is 2.21. The Bertz CT molecular complexity index is 305. The van der Waals surface area contributed by atoms with Gasteiger partial charge >= 0.3 is 0 Å². The van der Waals surface area contributed by atoms with Crippen LogP contribution in [0, 0.1) is 5.82 Å². The average molecular weight is 179 g/mol. The topological polar surface area (TPSA) is 26.0 Å². The lowest BCUT2D eigenvalue weighted by Crippen LogP contribution is -2.00. The molecule has 0 saturated heterocycles. The highest BCUT2D eigenvalue weighted by Crippen LogP contribution is 2.10. The van der Waals surface area contributed by atoms with Gasteiger partial charge in [-0.2, -0.15) is 0 Å². The molecule has 13 heavy (non-hydrogen) atoms. The van der Waals surface area contributed by atoms with Gasteiger partial charge in [-0.15, -0.1) is 0 Å². The maximum atomic E-state index is 13.2. The van der Waals surface area contributed by atoms with Gasteiger partial charge in [-0.25, -0.2) is 4.39 Å². The number of allylic oxidation sites excluding steroid dienone is 2. The molecule has 0 aliphatic carbocycles. The fourth-order valence-electron chi connectivity index (χ4n) is 1.14. The summed E-state index contributed by atoms with van der Waals surface area (Å²) in [4.78, 5) is 0. The Hall–Kier alpha value is -1.15. The summed E-state index contributed by atoms with van der Waals surface area (Å²) in [5, 5.41) is 0. The largest absolute Gasteiger partial charge is 0.326 e. The van der Waals surface area contributed by atoms with Crippen molar-refractivity contribution in [1.29, 1.82) is 0 Å². The highest BCUT2D eigenvalue weighted by atomic mass is 19.1. The Morgan fingerprint density at radius 2 is 2.23 bits per heavy atom. The number of halogens is 1. The summed E-state index contributed by atoms with van der Waals surface area (Å²) in [6.07, 6.45) is 4.73. The number of rotatable bonds is 3. The van der Waals surface area contributed by atoms with Crippen LogP contribution < -0.4 is 5.73 Å². The van der Waals surface area contributed by atoms with Gasteiger partial charge in [0.25, 0.3) is 0 Å². The van der Waals surface area contributed by atoms with Gasteiger partial charge in [0.05, 0.1) is 0 Å². The SMILES string of the molecule is CC=CCc1ccc(CN)c(F)c1. The van der Waals surface area contributed by atoms with Crippen molar-refractivity contribution in [2.75, 3.05) is 0 Å². The molecular weight excluding hydrogens is 165 g/mol. The zero-order valence-electron chi connectivity index (χ0n) is 7.76. The van der Waals surface area contributed by atoms with Gasteiger partial charge in [-0.1, -0.05) is 24.3 Å². The average Bonchev–Trinajstić information content (AvgIpc) is 2.15. The van der Waals surface area contributed by atoms with Gasteiger partial charge in [0.2, 0.25) is 0 Å². The molecule has 1 rings (SSSR count). The van der Waals surface area contributed by atoms with E-state index in [1.54, 1.807) is 12.1 Å². The predicted octanol–water partition coefficient (Wildman–Crippen LogP) is 2.40. The van der Waals surface area contributed by atoms with E-state index in [-0.39, 0.29) is 12.4 Å². The molecule has 70 valence electrons. The van der Waals surface area contributed by atoms with Crippen LogP contribution in [0.15, 0.2) is 30.4 Å². The first-order valence-electron chi connectivity index (χ1n) is 4.36. The lowest BCUT2D eigenvalue weighted by atomic mass is 10.1. The van der Waals surface area contributed by atoms with E-state index in [2.05, 4.69) is 0 Å². The van der Waals surface area contributed by atoms with Crippen LogP contribution in [-0.2, 0) is 13.0 Å². The molecule has 2 heteroatoms. The summed E-state index contributed by atoms with van der Waals surface area (Å²) in [6, 6.07) is 5.20. The van der Waals surface area contributed by atoms with E-state index in [9.17, 15) is 4.39 Å². The molecular formula is C11H14FN. The van der Waals surface area contributed by atoms with Crippen molar-refractivity contribution in [3.05, 3.63) is 47.3 Å².